The molecule has 0 aliphatic carbocycles. The molecule has 3 rings (SSSR count). The van der Waals surface area contributed by atoms with Gasteiger partial charge in [-0.2, -0.15) is 13.2 Å². The Bertz CT molecular complexity index is 777. The highest BCUT2D eigenvalue weighted by atomic mass is 19.4. The molecule has 2 aromatic heterocycles. The van der Waals surface area contributed by atoms with Crippen LogP contribution in [0, 0.1) is 0 Å². The van der Waals surface area contributed by atoms with Gasteiger partial charge in [0, 0.05) is 17.8 Å². The van der Waals surface area contributed by atoms with Crippen LogP contribution >= 0.6 is 0 Å². The van der Waals surface area contributed by atoms with Crippen LogP contribution in [0.2, 0.25) is 0 Å². The fraction of sp³-hybridized carbons (Fsp3) is 0.0714. The van der Waals surface area contributed by atoms with E-state index in [0.717, 1.165) is 6.07 Å². The third kappa shape index (κ3) is 1.99. The third-order valence-electron chi connectivity index (χ3n) is 2.99. The maximum atomic E-state index is 13.0. The number of rotatable bonds is 1. The van der Waals surface area contributed by atoms with E-state index >= 15 is 0 Å². The van der Waals surface area contributed by atoms with E-state index in [1.165, 1.54) is 47.1 Å². The van der Waals surface area contributed by atoms with Crippen LogP contribution < -0.4 is 0 Å². The Balaban J connectivity index is 2.27. The Labute approximate surface area is 111 Å². The van der Waals surface area contributed by atoms with E-state index in [1.54, 1.807) is 0 Å². The van der Waals surface area contributed by atoms with Crippen LogP contribution in [-0.2, 0) is 6.18 Å². The minimum absolute atomic E-state index is 0.00527. The van der Waals surface area contributed by atoms with Crippen LogP contribution in [0.4, 0.5) is 13.2 Å². The summed E-state index contributed by atoms with van der Waals surface area (Å²) in [6.07, 6.45) is -1.54. The van der Waals surface area contributed by atoms with E-state index < -0.39 is 11.7 Å². The van der Waals surface area contributed by atoms with Crippen LogP contribution in [0.15, 0.2) is 48.8 Å². The molecule has 0 bridgehead atoms. The van der Waals surface area contributed by atoms with Crippen LogP contribution in [0.3, 0.4) is 0 Å². The van der Waals surface area contributed by atoms with Gasteiger partial charge in [0.25, 0.3) is 0 Å². The Morgan fingerprint density at radius 2 is 1.85 bits per heavy atom. The van der Waals surface area contributed by atoms with Crippen molar-refractivity contribution in [3.63, 3.8) is 0 Å². The highest BCUT2D eigenvalue weighted by Gasteiger charge is 2.34. The number of aromatic nitrogens is 2. The second kappa shape index (κ2) is 4.26. The molecule has 1 aromatic carbocycles. The number of pyridine rings is 1. The summed E-state index contributed by atoms with van der Waals surface area (Å²) in [7, 11) is 0. The number of alkyl halides is 3. The van der Waals surface area contributed by atoms with Crippen LogP contribution in [0.25, 0.3) is 16.9 Å². The first-order valence-corrected chi connectivity index (χ1v) is 5.79. The van der Waals surface area contributed by atoms with Gasteiger partial charge in [-0.1, -0.05) is 18.2 Å². The quantitative estimate of drug-likeness (QED) is 0.736. The number of fused-ring (bicyclic) bond motifs is 1. The van der Waals surface area contributed by atoms with Crippen molar-refractivity contribution in [3.8, 4) is 17.1 Å². The van der Waals surface area contributed by atoms with Gasteiger partial charge in [0.2, 0.25) is 0 Å². The number of halogens is 3. The lowest BCUT2D eigenvalue weighted by Gasteiger charge is -2.11. The summed E-state index contributed by atoms with van der Waals surface area (Å²) in [6, 6.07) is 8.11. The average Bonchev–Trinajstić information content (AvgIpc) is 2.80. The van der Waals surface area contributed by atoms with E-state index in [0.29, 0.717) is 5.52 Å². The predicted octanol–water partition coefficient (Wildman–Crippen LogP) is 3.73. The predicted molar refractivity (Wildman–Crippen MR) is 67.3 cm³/mol. The lowest BCUT2D eigenvalue weighted by Crippen LogP contribution is -2.07. The SMILES string of the molecule is Oc1ccn2c(-c3ccccc3C(F)(F)F)ncc2c1. The second-order valence-electron chi connectivity index (χ2n) is 4.30. The average molecular weight is 278 g/mol. The normalized spacial score (nSPS) is 11.9. The minimum atomic E-state index is -4.45. The molecule has 2 heterocycles. The third-order valence-corrected chi connectivity index (χ3v) is 2.99. The van der Waals surface area contributed by atoms with Crippen molar-refractivity contribution in [2.24, 2.45) is 0 Å². The highest BCUT2D eigenvalue weighted by Crippen LogP contribution is 2.36. The molecule has 6 heteroatoms. The molecule has 0 aliphatic heterocycles. The number of nitrogens with zero attached hydrogens (tertiary/aromatic N) is 2. The Morgan fingerprint density at radius 3 is 2.60 bits per heavy atom. The van der Waals surface area contributed by atoms with Crippen molar-refractivity contribution in [3.05, 3.63) is 54.4 Å². The number of imidazole rings is 1. The zero-order valence-corrected chi connectivity index (χ0v) is 10.1. The maximum Gasteiger partial charge on any atom is 0.417 e. The molecule has 0 aliphatic rings. The summed E-state index contributed by atoms with van der Waals surface area (Å²) >= 11 is 0. The molecule has 0 fully saturated rings. The standard InChI is InChI=1S/C14H9F3N2O/c15-14(16,17)12-4-2-1-3-11(12)13-18-8-9-7-10(20)5-6-19(9)13/h1-8,20H. The maximum absolute atomic E-state index is 13.0. The molecule has 0 spiro atoms. The molecule has 0 saturated carbocycles. The molecule has 0 unspecified atom stereocenters. The van der Waals surface area contributed by atoms with Gasteiger partial charge in [-0.3, -0.25) is 4.40 Å². The smallest absolute Gasteiger partial charge is 0.417 e. The zero-order chi connectivity index (χ0) is 14.3. The highest BCUT2D eigenvalue weighted by molar-refractivity contribution is 5.67. The first-order chi connectivity index (χ1) is 9.47. The van der Waals surface area contributed by atoms with Gasteiger partial charge in [0.15, 0.2) is 0 Å². The molecule has 3 aromatic rings. The Hall–Kier alpha value is -2.50. The number of aromatic hydroxyl groups is 1. The van der Waals surface area contributed by atoms with Crippen molar-refractivity contribution in [1.82, 2.24) is 9.38 Å². The van der Waals surface area contributed by atoms with E-state index in [1.807, 2.05) is 0 Å². The summed E-state index contributed by atoms with van der Waals surface area (Å²) in [6.45, 7) is 0. The van der Waals surface area contributed by atoms with Gasteiger partial charge in [-0.25, -0.2) is 4.98 Å². The summed E-state index contributed by atoms with van der Waals surface area (Å²) < 4.78 is 40.6. The van der Waals surface area contributed by atoms with Gasteiger partial charge >= 0.3 is 6.18 Å². The van der Waals surface area contributed by atoms with Gasteiger partial charge < -0.3 is 5.11 Å². The van der Waals surface area contributed by atoms with E-state index in [-0.39, 0.29) is 17.1 Å². The molecular weight excluding hydrogens is 269 g/mol. The summed E-state index contributed by atoms with van der Waals surface area (Å²) in [5, 5.41) is 9.37. The van der Waals surface area contributed by atoms with Gasteiger partial charge in [-0.05, 0) is 12.1 Å². The van der Waals surface area contributed by atoms with E-state index in [2.05, 4.69) is 4.98 Å². The zero-order valence-electron chi connectivity index (χ0n) is 10.1. The van der Waals surface area contributed by atoms with Crippen molar-refractivity contribution < 1.29 is 18.3 Å². The first-order valence-electron chi connectivity index (χ1n) is 5.79. The van der Waals surface area contributed by atoms with Crippen LogP contribution in [0.5, 0.6) is 5.75 Å². The van der Waals surface area contributed by atoms with Crippen molar-refractivity contribution in [2.75, 3.05) is 0 Å². The topological polar surface area (TPSA) is 37.5 Å². The summed E-state index contributed by atoms with van der Waals surface area (Å²) in [5.74, 6) is 0.223. The monoisotopic (exact) mass is 278 g/mol. The minimum Gasteiger partial charge on any atom is -0.508 e. The molecule has 0 atom stereocenters. The molecule has 102 valence electrons. The molecule has 0 radical (unpaired) electrons. The summed E-state index contributed by atoms with van der Waals surface area (Å²) in [4.78, 5) is 4.03. The summed E-state index contributed by atoms with van der Waals surface area (Å²) in [5.41, 5.74) is -0.205. The van der Waals surface area contributed by atoms with Gasteiger partial charge in [-0.15, -0.1) is 0 Å². The first kappa shape index (κ1) is 12.5. The van der Waals surface area contributed by atoms with Gasteiger partial charge in [0.05, 0.1) is 17.3 Å². The largest absolute Gasteiger partial charge is 0.508 e. The fourth-order valence-corrected chi connectivity index (χ4v) is 2.11. The second-order valence-corrected chi connectivity index (χ2v) is 4.30. The molecule has 0 saturated heterocycles. The Kier molecular flexibility index (Phi) is 2.67. The molecule has 1 N–H and O–H groups in total. The van der Waals surface area contributed by atoms with Crippen molar-refractivity contribution in [1.29, 1.82) is 0 Å². The van der Waals surface area contributed by atoms with Crippen molar-refractivity contribution in [2.45, 2.75) is 6.18 Å². The number of hydrogen-bond acceptors (Lipinski definition) is 2. The molecule has 0 amide bonds. The molecule has 3 nitrogen and oxygen atoms in total. The number of hydrogen-bond donors (Lipinski definition) is 1. The van der Waals surface area contributed by atoms with E-state index in [9.17, 15) is 18.3 Å². The fourth-order valence-electron chi connectivity index (χ4n) is 2.11. The van der Waals surface area contributed by atoms with Crippen LogP contribution in [-0.4, -0.2) is 14.5 Å². The lowest BCUT2D eigenvalue weighted by molar-refractivity contribution is -0.137. The molecular formula is C14H9F3N2O. The number of benzene rings is 1. The lowest BCUT2D eigenvalue weighted by atomic mass is 10.1. The van der Waals surface area contributed by atoms with E-state index in [4.69, 9.17) is 0 Å². The molecule has 20 heavy (non-hydrogen) atoms. The van der Waals surface area contributed by atoms with Crippen LogP contribution in [0.1, 0.15) is 5.56 Å². The van der Waals surface area contributed by atoms with Gasteiger partial charge in [0.1, 0.15) is 11.6 Å². The Morgan fingerprint density at radius 1 is 1.10 bits per heavy atom. The van der Waals surface area contributed by atoms with Crippen molar-refractivity contribution >= 4 is 5.52 Å².